The van der Waals surface area contributed by atoms with Gasteiger partial charge in [0.2, 0.25) is 0 Å². The normalized spacial score (nSPS) is 12.7. The van der Waals surface area contributed by atoms with Crippen molar-refractivity contribution in [2.75, 3.05) is 42.0 Å². The summed E-state index contributed by atoms with van der Waals surface area (Å²) in [6.07, 6.45) is 0.00813. The molecule has 0 saturated heterocycles. The van der Waals surface area contributed by atoms with Crippen molar-refractivity contribution in [1.29, 1.82) is 0 Å². The summed E-state index contributed by atoms with van der Waals surface area (Å²) in [4.78, 5) is 11.2. The molecule has 2 rings (SSSR count). The Balaban J connectivity index is 0.00000480. The van der Waals surface area contributed by atoms with Gasteiger partial charge < -0.3 is 24.4 Å². The Kier molecular flexibility index (Phi) is 11.0. The lowest BCUT2D eigenvalue weighted by molar-refractivity contribution is 0.119. The van der Waals surface area contributed by atoms with Crippen molar-refractivity contribution in [2.45, 2.75) is 38.8 Å². The van der Waals surface area contributed by atoms with Crippen molar-refractivity contribution in [1.82, 2.24) is 15.2 Å². The molecule has 0 spiro atoms. The Hall–Kier alpha value is -1.59. The molecule has 0 saturated carbocycles. The summed E-state index contributed by atoms with van der Waals surface area (Å²) >= 11 is 1.62. The molecule has 0 bridgehead atoms. The van der Waals surface area contributed by atoms with Gasteiger partial charge in [-0.05, 0) is 24.6 Å². The highest BCUT2D eigenvalue weighted by Gasteiger charge is 2.23. The fourth-order valence-corrected chi connectivity index (χ4v) is 3.89. The monoisotopic (exact) mass is 562 g/mol. The van der Waals surface area contributed by atoms with E-state index in [1.165, 1.54) is 0 Å². The number of aliphatic imine (C=N–C) groups is 1. The van der Waals surface area contributed by atoms with Gasteiger partial charge in [0.15, 0.2) is 17.5 Å². The predicted molar refractivity (Wildman–Crippen MR) is 138 cm³/mol. The highest BCUT2D eigenvalue weighted by atomic mass is 127. The van der Waals surface area contributed by atoms with Gasteiger partial charge in [-0.3, -0.25) is 4.99 Å². The van der Waals surface area contributed by atoms with Crippen LogP contribution in [-0.4, -0.2) is 57.8 Å². The summed E-state index contributed by atoms with van der Waals surface area (Å²) in [5, 5.41) is 6.55. The van der Waals surface area contributed by atoms with Crippen molar-refractivity contribution in [3.63, 3.8) is 0 Å². The van der Waals surface area contributed by atoms with Crippen molar-refractivity contribution in [2.24, 2.45) is 4.99 Å². The Morgan fingerprint density at radius 2 is 1.90 bits per heavy atom. The second kappa shape index (κ2) is 12.4. The minimum atomic E-state index is -0.141. The minimum absolute atomic E-state index is 0. The molecular formula is C22H35IN4O3S. The Morgan fingerprint density at radius 1 is 1.23 bits per heavy atom. The van der Waals surface area contributed by atoms with E-state index in [1.54, 1.807) is 39.7 Å². The molecule has 2 aromatic rings. The van der Waals surface area contributed by atoms with E-state index < -0.39 is 0 Å². The summed E-state index contributed by atoms with van der Waals surface area (Å²) in [7, 11) is 8.80. The lowest BCUT2D eigenvalue weighted by Crippen LogP contribution is -2.44. The third kappa shape index (κ3) is 7.21. The number of aromatic nitrogens is 1. The van der Waals surface area contributed by atoms with E-state index in [4.69, 9.17) is 14.2 Å². The highest BCUT2D eigenvalue weighted by molar-refractivity contribution is 14.0. The van der Waals surface area contributed by atoms with Gasteiger partial charge in [-0.1, -0.05) is 19.9 Å². The number of thiazole rings is 1. The molecule has 1 atom stereocenters. The molecule has 0 aliphatic carbocycles. The number of hydrogen-bond acceptors (Lipinski definition) is 6. The van der Waals surface area contributed by atoms with Crippen molar-refractivity contribution >= 4 is 41.3 Å². The first kappa shape index (κ1) is 27.4. The van der Waals surface area contributed by atoms with E-state index in [0.29, 0.717) is 13.1 Å². The molecule has 1 unspecified atom stereocenters. The van der Waals surface area contributed by atoms with Gasteiger partial charge in [-0.2, -0.15) is 0 Å². The zero-order valence-electron chi connectivity index (χ0n) is 19.7. The largest absolute Gasteiger partial charge is 0.493 e. The summed E-state index contributed by atoms with van der Waals surface area (Å²) in [5.74, 6) is 2.28. The van der Waals surface area contributed by atoms with Crippen LogP contribution in [0, 0.1) is 0 Å². The average Bonchev–Trinajstić information content (AvgIpc) is 3.21. The number of guanidine groups is 1. The molecule has 174 valence electrons. The van der Waals surface area contributed by atoms with Gasteiger partial charge in [0.05, 0.1) is 26.5 Å². The van der Waals surface area contributed by atoms with Gasteiger partial charge in [-0.15, -0.1) is 35.3 Å². The van der Waals surface area contributed by atoms with Crippen LogP contribution in [0.25, 0.3) is 0 Å². The van der Waals surface area contributed by atoms with E-state index in [1.807, 2.05) is 26.1 Å². The zero-order valence-corrected chi connectivity index (χ0v) is 22.8. The summed E-state index contributed by atoms with van der Waals surface area (Å²) in [6.45, 7) is 7.76. The number of hydrogen-bond donors (Lipinski definition) is 1. The molecule has 0 radical (unpaired) electrons. The van der Waals surface area contributed by atoms with E-state index in [-0.39, 0.29) is 35.5 Å². The first-order valence-corrected chi connectivity index (χ1v) is 10.7. The Labute approximate surface area is 207 Å². The third-order valence-corrected chi connectivity index (χ3v) is 6.15. The maximum Gasteiger partial charge on any atom is 0.193 e. The fourth-order valence-electron chi connectivity index (χ4n) is 3.04. The quantitative estimate of drug-likeness (QED) is 0.277. The topological polar surface area (TPSA) is 68.2 Å². The van der Waals surface area contributed by atoms with Crippen molar-refractivity contribution < 1.29 is 14.2 Å². The molecular weight excluding hydrogens is 527 g/mol. The van der Waals surface area contributed by atoms with Crippen molar-refractivity contribution in [3.05, 3.63) is 39.8 Å². The van der Waals surface area contributed by atoms with Crippen LogP contribution in [0.1, 0.15) is 43.1 Å². The van der Waals surface area contributed by atoms with Crippen LogP contribution < -0.4 is 14.8 Å². The van der Waals surface area contributed by atoms with E-state index >= 15 is 0 Å². The molecule has 7 nitrogen and oxygen atoms in total. The summed E-state index contributed by atoms with van der Waals surface area (Å²) in [5.41, 5.74) is 2.02. The maximum atomic E-state index is 5.46. The standard InChI is InChI=1S/C22H34N4O3S.HI/c1-15(27-6)20-25-17(13-30-20)12-26(5)21(23-4)24-14-22(2,3)16-9-10-18(28-7)19(11-16)29-8;/h9-11,13,15H,12,14H2,1-8H3,(H,23,24);1H. The van der Waals surface area contributed by atoms with Gasteiger partial charge in [0, 0.05) is 38.5 Å². The van der Waals surface area contributed by atoms with Crippen LogP contribution >= 0.6 is 35.3 Å². The van der Waals surface area contributed by atoms with E-state index in [2.05, 4.69) is 45.5 Å². The number of nitrogens with zero attached hydrogens (tertiary/aromatic N) is 3. The van der Waals surface area contributed by atoms with Gasteiger partial charge in [-0.25, -0.2) is 4.98 Å². The summed E-state index contributed by atoms with van der Waals surface area (Å²) < 4.78 is 16.2. The molecule has 9 heteroatoms. The van der Waals surface area contributed by atoms with Crippen LogP contribution in [0.3, 0.4) is 0 Å². The van der Waals surface area contributed by atoms with Crippen LogP contribution in [0.4, 0.5) is 0 Å². The van der Waals surface area contributed by atoms with Crippen molar-refractivity contribution in [3.8, 4) is 11.5 Å². The van der Waals surface area contributed by atoms with Crippen LogP contribution in [0.5, 0.6) is 11.5 Å². The number of rotatable bonds is 9. The van der Waals surface area contributed by atoms with Gasteiger partial charge in [0.1, 0.15) is 11.1 Å². The highest BCUT2D eigenvalue weighted by Crippen LogP contribution is 2.33. The number of nitrogens with one attached hydrogen (secondary N) is 1. The fraction of sp³-hybridized carbons (Fsp3) is 0.545. The van der Waals surface area contributed by atoms with Gasteiger partial charge >= 0.3 is 0 Å². The first-order valence-electron chi connectivity index (χ1n) is 9.87. The second-order valence-corrected chi connectivity index (χ2v) is 8.66. The number of ether oxygens (including phenoxy) is 3. The molecule has 0 aliphatic heterocycles. The SMILES string of the molecule is CN=C(NCC(C)(C)c1ccc(OC)c(OC)c1)N(C)Cc1csc(C(C)OC)n1.I. The maximum absolute atomic E-state index is 5.46. The van der Waals surface area contributed by atoms with E-state index in [9.17, 15) is 0 Å². The van der Waals surface area contributed by atoms with Crippen LogP contribution in [0.15, 0.2) is 28.6 Å². The minimum Gasteiger partial charge on any atom is -0.493 e. The molecule has 0 amide bonds. The number of benzene rings is 1. The molecule has 1 N–H and O–H groups in total. The third-order valence-electron chi connectivity index (χ3n) is 5.10. The first-order chi connectivity index (χ1) is 14.2. The Morgan fingerprint density at radius 3 is 2.48 bits per heavy atom. The molecule has 0 fully saturated rings. The number of methoxy groups -OCH3 is 3. The van der Waals surface area contributed by atoms with Crippen LogP contribution in [0.2, 0.25) is 0 Å². The average molecular weight is 563 g/mol. The smallest absolute Gasteiger partial charge is 0.193 e. The van der Waals surface area contributed by atoms with Crippen LogP contribution in [-0.2, 0) is 16.7 Å². The molecule has 1 aromatic heterocycles. The molecule has 1 heterocycles. The lowest BCUT2D eigenvalue weighted by atomic mass is 9.84. The van der Waals surface area contributed by atoms with Gasteiger partial charge in [0.25, 0.3) is 0 Å². The molecule has 31 heavy (non-hydrogen) atoms. The summed E-state index contributed by atoms with van der Waals surface area (Å²) in [6, 6.07) is 6.04. The Bertz CT molecular complexity index is 857. The molecule has 0 aliphatic rings. The molecule has 1 aromatic carbocycles. The predicted octanol–water partition coefficient (Wildman–Crippen LogP) is 4.47. The zero-order chi connectivity index (χ0) is 22.3. The lowest BCUT2D eigenvalue weighted by Gasteiger charge is -2.29. The number of halogens is 1. The second-order valence-electron chi connectivity index (χ2n) is 7.77. The van der Waals surface area contributed by atoms with E-state index in [0.717, 1.165) is 33.7 Å².